The minimum atomic E-state index is -0.807. The molecule has 1 aromatic rings. The van der Waals surface area contributed by atoms with Crippen molar-refractivity contribution in [3.05, 3.63) is 41.6 Å². The predicted molar refractivity (Wildman–Crippen MR) is 97.9 cm³/mol. The van der Waals surface area contributed by atoms with Crippen LogP contribution < -0.4 is 0 Å². The van der Waals surface area contributed by atoms with Gasteiger partial charge in [-0.05, 0) is 44.6 Å². The summed E-state index contributed by atoms with van der Waals surface area (Å²) in [5.74, 6) is 0.792. The fraction of sp³-hybridized carbons (Fsp3) is 0.550. The van der Waals surface area contributed by atoms with Crippen LogP contribution in [0.2, 0.25) is 0 Å². The van der Waals surface area contributed by atoms with Gasteiger partial charge in [-0.1, -0.05) is 24.3 Å². The third kappa shape index (κ3) is 4.46. The van der Waals surface area contributed by atoms with Crippen LogP contribution in [0.5, 0.6) is 0 Å². The molecule has 0 spiro atoms. The maximum absolute atomic E-state index is 10.1. The van der Waals surface area contributed by atoms with Crippen LogP contribution >= 0.6 is 0 Å². The zero-order chi connectivity index (χ0) is 17.0. The van der Waals surface area contributed by atoms with Crippen LogP contribution in [0.3, 0.4) is 0 Å². The summed E-state index contributed by atoms with van der Waals surface area (Å²) in [6, 6.07) is 8.04. The van der Waals surface area contributed by atoms with E-state index in [0.717, 1.165) is 49.0 Å². The summed E-state index contributed by atoms with van der Waals surface area (Å²) in [6.45, 7) is 7.40. The average Bonchev–Trinajstić information content (AvgIpc) is 2.60. The Bertz CT molecular complexity index is 593. The fourth-order valence-electron chi connectivity index (χ4n) is 3.24. The molecule has 2 aliphatic rings. The third-order valence-electron chi connectivity index (χ3n) is 4.90. The molecule has 0 unspecified atom stereocenters. The number of nitrogens with zero attached hydrogens (tertiary/aromatic N) is 2. The SMILES string of the molecule is CC(C)(O)c1ccc(C2=CN(CCC3CCOCC3)CC=N2)cc1. The van der Waals surface area contributed by atoms with E-state index in [0.29, 0.717) is 0 Å². The van der Waals surface area contributed by atoms with Gasteiger partial charge in [0.05, 0.1) is 17.8 Å². The number of hydrogen-bond acceptors (Lipinski definition) is 4. The summed E-state index contributed by atoms with van der Waals surface area (Å²) in [7, 11) is 0. The van der Waals surface area contributed by atoms with Crippen LogP contribution in [0.1, 0.15) is 44.2 Å². The van der Waals surface area contributed by atoms with Crippen molar-refractivity contribution in [1.82, 2.24) is 4.90 Å². The Morgan fingerprint density at radius 1 is 1.21 bits per heavy atom. The molecule has 2 aliphatic heterocycles. The summed E-state index contributed by atoms with van der Waals surface area (Å²) >= 11 is 0. The van der Waals surface area contributed by atoms with Crippen LogP contribution in [-0.4, -0.2) is 42.5 Å². The molecule has 130 valence electrons. The first kappa shape index (κ1) is 17.2. The maximum atomic E-state index is 10.1. The Kier molecular flexibility index (Phi) is 5.36. The first-order chi connectivity index (χ1) is 11.5. The second-order valence-corrected chi connectivity index (χ2v) is 7.30. The van der Waals surface area contributed by atoms with Crippen LogP contribution in [0.4, 0.5) is 0 Å². The van der Waals surface area contributed by atoms with Crippen LogP contribution in [0.25, 0.3) is 5.70 Å². The van der Waals surface area contributed by atoms with Crippen molar-refractivity contribution in [2.45, 2.75) is 38.7 Å². The highest BCUT2D eigenvalue weighted by atomic mass is 16.5. The van der Waals surface area contributed by atoms with Crippen LogP contribution in [0, 0.1) is 5.92 Å². The number of aliphatic imine (C=N–C) groups is 1. The first-order valence-corrected chi connectivity index (χ1v) is 8.92. The minimum Gasteiger partial charge on any atom is -0.386 e. The molecule has 4 heteroatoms. The van der Waals surface area contributed by atoms with Gasteiger partial charge in [0.2, 0.25) is 0 Å². The number of rotatable bonds is 5. The monoisotopic (exact) mass is 328 g/mol. The molecule has 4 nitrogen and oxygen atoms in total. The number of aliphatic hydroxyl groups is 1. The molecule has 0 atom stereocenters. The highest BCUT2D eigenvalue weighted by molar-refractivity contribution is 5.77. The number of benzene rings is 1. The summed E-state index contributed by atoms with van der Waals surface area (Å²) in [4.78, 5) is 6.90. The topological polar surface area (TPSA) is 45.1 Å². The molecule has 0 bridgehead atoms. The molecule has 0 amide bonds. The molecule has 0 saturated carbocycles. The molecule has 24 heavy (non-hydrogen) atoms. The average molecular weight is 328 g/mol. The quantitative estimate of drug-likeness (QED) is 0.901. The van der Waals surface area contributed by atoms with E-state index in [2.05, 4.69) is 16.1 Å². The third-order valence-corrected chi connectivity index (χ3v) is 4.90. The lowest BCUT2D eigenvalue weighted by molar-refractivity contribution is 0.0620. The predicted octanol–water partition coefficient (Wildman–Crippen LogP) is 3.42. The molecular formula is C20H28N2O2. The number of hydrogen-bond donors (Lipinski definition) is 1. The van der Waals surface area contributed by atoms with Gasteiger partial charge in [0.25, 0.3) is 0 Å². The smallest absolute Gasteiger partial charge is 0.0857 e. The molecular weight excluding hydrogens is 300 g/mol. The zero-order valence-corrected chi connectivity index (χ0v) is 14.7. The van der Waals surface area contributed by atoms with E-state index in [1.165, 1.54) is 19.3 Å². The van der Waals surface area contributed by atoms with Crippen molar-refractivity contribution in [3.63, 3.8) is 0 Å². The maximum Gasteiger partial charge on any atom is 0.0857 e. The standard InChI is InChI=1S/C20H28N2O2/c1-20(2,23)18-5-3-17(4-6-18)19-15-22(12-10-21-19)11-7-16-8-13-24-14-9-16/h3-6,10,15-16,23H,7-9,11-14H2,1-2H3. The lowest BCUT2D eigenvalue weighted by Gasteiger charge is -2.27. The normalized spacial score (nSPS) is 19.5. The zero-order valence-electron chi connectivity index (χ0n) is 14.7. The Balaban J connectivity index is 1.62. The lowest BCUT2D eigenvalue weighted by Crippen LogP contribution is -2.27. The van der Waals surface area contributed by atoms with Crippen molar-refractivity contribution in [2.24, 2.45) is 10.9 Å². The molecule has 0 aliphatic carbocycles. The second-order valence-electron chi connectivity index (χ2n) is 7.30. The van der Waals surface area contributed by atoms with E-state index < -0.39 is 5.60 Å². The lowest BCUT2D eigenvalue weighted by atomic mass is 9.96. The van der Waals surface area contributed by atoms with E-state index >= 15 is 0 Å². The Morgan fingerprint density at radius 3 is 2.58 bits per heavy atom. The van der Waals surface area contributed by atoms with Crippen molar-refractivity contribution in [2.75, 3.05) is 26.3 Å². The molecule has 3 rings (SSSR count). The first-order valence-electron chi connectivity index (χ1n) is 8.92. The Morgan fingerprint density at radius 2 is 1.92 bits per heavy atom. The van der Waals surface area contributed by atoms with Gasteiger partial charge >= 0.3 is 0 Å². The van der Waals surface area contributed by atoms with Gasteiger partial charge in [0.15, 0.2) is 0 Å². The van der Waals surface area contributed by atoms with Gasteiger partial charge in [-0.2, -0.15) is 0 Å². The van der Waals surface area contributed by atoms with Crippen molar-refractivity contribution in [1.29, 1.82) is 0 Å². The van der Waals surface area contributed by atoms with Gasteiger partial charge in [0.1, 0.15) is 0 Å². The largest absolute Gasteiger partial charge is 0.386 e. The van der Waals surface area contributed by atoms with Gasteiger partial charge < -0.3 is 14.7 Å². The van der Waals surface area contributed by atoms with Crippen molar-refractivity contribution >= 4 is 11.9 Å². The minimum absolute atomic E-state index is 0.792. The van der Waals surface area contributed by atoms with Crippen molar-refractivity contribution < 1.29 is 9.84 Å². The molecule has 1 aromatic carbocycles. The van der Waals surface area contributed by atoms with Gasteiger partial charge in [0, 0.05) is 37.7 Å². The molecule has 0 aromatic heterocycles. The van der Waals surface area contributed by atoms with Crippen LogP contribution in [0.15, 0.2) is 35.5 Å². The Hall–Kier alpha value is -1.65. The summed E-state index contributed by atoms with van der Waals surface area (Å²) in [6.07, 6.45) is 7.76. The van der Waals surface area contributed by atoms with Gasteiger partial charge in [-0.15, -0.1) is 0 Å². The van der Waals surface area contributed by atoms with E-state index in [1.54, 1.807) is 13.8 Å². The highest BCUT2D eigenvalue weighted by Crippen LogP contribution is 2.25. The fourth-order valence-corrected chi connectivity index (χ4v) is 3.24. The van der Waals surface area contributed by atoms with Gasteiger partial charge in [-0.25, -0.2) is 0 Å². The van der Waals surface area contributed by atoms with E-state index in [4.69, 9.17) is 4.74 Å². The Labute approximate surface area is 144 Å². The summed E-state index contributed by atoms with van der Waals surface area (Å²) in [5, 5.41) is 10.1. The summed E-state index contributed by atoms with van der Waals surface area (Å²) < 4.78 is 5.44. The molecule has 0 radical (unpaired) electrons. The molecule has 2 heterocycles. The molecule has 1 N–H and O–H groups in total. The highest BCUT2D eigenvalue weighted by Gasteiger charge is 2.17. The van der Waals surface area contributed by atoms with Crippen LogP contribution in [-0.2, 0) is 10.3 Å². The second kappa shape index (κ2) is 7.49. The van der Waals surface area contributed by atoms with Gasteiger partial charge in [-0.3, -0.25) is 4.99 Å². The number of ether oxygens (including phenoxy) is 1. The molecule has 1 fully saturated rings. The summed E-state index contributed by atoms with van der Waals surface area (Å²) in [5.41, 5.74) is 2.20. The van der Waals surface area contributed by atoms with E-state index in [-0.39, 0.29) is 0 Å². The van der Waals surface area contributed by atoms with E-state index in [9.17, 15) is 5.11 Å². The molecule has 1 saturated heterocycles. The van der Waals surface area contributed by atoms with E-state index in [1.807, 2.05) is 30.5 Å². The van der Waals surface area contributed by atoms with Crippen molar-refractivity contribution in [3.8, 4) is 0 Å².